The van der Waals surface area contributed by atoms with Gasteiger partial charge in [-0.05, 0) is 28.8 Å². The van der Waals surface area contributed by atoms with E-state index in [0.717, 1.165) is 16.7 Å². The van der Waals surface area contributed by atoms with Crippen LogP contribution < -0.4 is 10.5 Å². The summed E-state index contributed by atoms with van der Waals surface area (Å²) in [5.74, 6) is 0.657. The zero-order chi connectivity index (χ0) is 16.1. The number of rotatable bonds is 5. The summed E-state index contributed by atoms with van der Waals surface area (Å²) < 4.78 is 5.59. The Morgan fingerprint density at radius 3 is 2.22 bits per heavy atom. The van der Waals surface area contributed by atoms with Gasteiger partial charge in [-0.3, -0.25) is 0 Å². The standard InChI is InChI=1S/C20H19NO2/c21-18-7-4-8-19(13-18)23-14-20(22)17-11-9-16(10-12-17)15-5-2-1-3-6-15/h1-13,20,22H,14,21H2. The molecule has 1 unspecified atom stereocenters. The Morgan fingerprint density at radius 1 is 0.826 bits per heavy atom. The van der Waals surface area contributed by atoms with Crippen LogP contribution in [-0.2, 0) is 0 Å². The topological polar surface area (TPSA) is 55.5 Å². The van der Waals surface area contributed by atoms with Crippen molar-refractivity contribution in [3.8, 4) is 16.9 Å². The average molecular weight is 305 g/mol. The Labute approximate surface area is 136 Å². The van der Waals surface area contributed by atoms with Gasteiger partial charge in [-0.15, -0.1) is 0 Å². The van der Waals surface area contributed by atoms with Crippen molar-refractivity contribution < 1.29 is 9.84 Å². The third kappa shape index (κ3) is 3.90. The third-order valence-corrected chi connectivity index (χ3v) is 3.67. The second-order valence-electron chi connectivity index (χ2n) is 5.39. The van der Waals surface area contributed by atoms with Crippen LogP contribution in [0.2, 0.25) is 0 Å². The summed E-state index contributed by atoms with van der Waals surface area (Å²) in [5.41, 5.74) is 9.46. The number of nitrogen functional groups attached to an aromatic ring is 1. The minimum atomic E-state index is -0.679. The second-order valence-corrected chi connectivity index (χ2v) is 5.39. The van der Waals surface area contributed by atoms with Gasteiger partial charge in [-0.25, -0.2) is 0 Å². The molecule has 0 aliphatic carbocycles. The van der Waals surface area contributed by atoms with Crippen molar-refractivity contribution in [3.63, 3.8) is 0 Å². The molecule has 0 spiro atoms. The zero-order valence-electron chi connectivity index (χ0n) is 12.7. The molecule has 23 heavy (non-hydrogen) atoms. The van der Waals surface area contributed by atoms with Gasteiger partial charge in [0, 0.05) is 11.8 Å². The molecule has 3 nitrogen and oxygen atoms in total. The van der Waals surface area contributed by atoms with Gasteiger partial charge in [0.05, 0.1) is 0 Å². The van der Waals surface area contributed by atoms with E-state index in [4.69, 9.17) is 10.5 Å². The lowest BCUT2D eigenvalue weighted by Crippen LogP contribution is -2.09. The van der Waals surface area contributed by atoms with E-state index < -0.39 is 6.10 Å². The van der Waals surface area contributed by atoms with Crippen LogP contribution in [0.4, 0.5) is 5.69 Å². The van der Waals surface area contributed by atoms with Crippen LogP contribution in [0.5, 0.6) is 5.75 Å². The minimum Gasteiger partial charge on any atom is -0.490 e. The van der Waals surface area contributed by atoms with Gasteiger partial charge in [-0.2, -0.15) is 0 Å². The fourth-order valence-electron chi connectivity index (χ4n) is 2.40. The predicted octanol–water partition coefficient (Wildman–Crippen LogP) is 4.05. The predicted molar refractivity (Wildman–Crippen MR) is 93.2 cm³/mol. The second kappa shape index (κ2) is 6.99. The number of aliphatic hydroxyl groups excluding tert-OH is 1. The van der Waals surface area contributed by atoms with Crippen LogP contribution in [0.25, 0.3) is 11.1 Å². The first kappa shape index (κ1) is 15.1. The van der Waals surface area contributed by atoms with Gasteiger partial charge in [0.15, 0.2) is 0 Å². The molecule has 0 amide bonds. The number of hydrogen-bond acceptors (Lipinski definition) is 3. The molecule has 3 rings (SSSR count). The van der Waals surface area contributed by atoms with Gasteiger partial charge in [0.25, 0.3) is 0 Å². The lowest BCUT2D eigenvalue weighted by atomic mass is 10.0. The first-order valence-electron chi connectivity index (χ1n) is 7.54. The van der Waals surface area contributed by atoms with Crippen LogP contribution >= 0.6 is 0 Å². The summed E-state index contributed by atoms with van der Waals surface area (Å²) in [6, 6.07) is 25.2. The SMILES string of the molecule is Nc1cccc(OCC(O)c2ccc(-c3ccccc3)cc2)c1. The Balaban J connectivity index is 1.65. The van der Waals surface area contributed by atoms with Crippen molar-refractivity contribution in [2.45, 2.75) is 6.10 Å². The van der Waals surface area contributed by atoms with Crippen LogP contribution in [0, 0.1) is 0 Å². The van der Waals surface area contributed by atoms with E-state index in [1.807, 2.05) is 54.6 Å². The highest BCUT2D eigenvalue weighted by Crippen LogP contribution is 2.23. The number of benzene rings is 3. The molecule has 3 aromatic rings. The Kier molecular flexibility index (Phi) is 4.60. The summed E-state index contributed by atoms with van der Waals surface area (Å²) in [6.45, 7) is 0.189. The Morgan fingerprint density at radius 2 is 1.52 bits per heavy atom. The van der Waals surface area contributed by atoms with E-state index in [9.17, 15) is 5.11 Å². The van der Waals surface area contributed by atoms with E-state index >= 15 is 0 Å². The van der Waals surface area contributed by atoms with Gasteiger partial charge in [0.2, 0.25) is 0 Å². The molecule has 3 N–H and O–H groups in total. The molecule has 3 heteroatoms. The van der Waals surface area contributed by atoms with Crippen LogP contribution in [0.15, 0.2) is 78.9 Å². The molecule has 0 saturated carbocycles. The molecular weight excluding hydrogens is 286 g/mol. The molecule has 1 atom stereocenters. The average Bonchev–Trinajstić information content (AvgIpc) is 2.61. The normalized spacial score (nSPS) is 11.9. The molecule has 3 aromatic carbocycles. The quantitative estimate of drug-likeness (QED) is 0.699. The van der Waals surface area contributed by atoms with Gasteiger partial charge in [-0.1, -0.05) is 60.7 Å². The number of ether oxygens (including phenoxy) is 1. The molecule has 0 aromatic heterocycles. The third-order valence-electron chi connectivity index (χ3n) is 3.67. The van der Waals surface area contributed by atoms with Crippen LogP contribution in [0.1, 0.15) is 11.7 Å². The van der Waals surface area contributed by atoms with Crippen molar-refractivity contribution in [2.24, 2.45) is 0 Å². The first-order valence-corrected chi connectivity index (χ1v) is 7.54. The van der Waals surface area contributed by atoms with E-state index in [1.165, 1.54) is 0 Å². The van der Waals surface area contributed by atoms with Crippen LogP contribution in [0.3, 0.4) is 0 Å². The zero-order valence-corrected chi connectivity index (χ0v) is 12.7. The summed E-state index contributed by atoms with van der Waals surface area (Å²) in [4.78, 5) is 0. The lowest BCUT2D eigenvalue weighted by Gasteiger charge is -2.13. The monoisotopic (exact) mass is 305 g/mol. The Bertz CT molecular complexity index is 754. The molecule has 0 fully saturated rings. The van der Waals surface area contributed by atoms with E-state index in [1.54, 1.807) is 12.1 Å². The van der Waals surface area contributed by atoms with Gasteiger partial charge >= 0.3 is 0 Å². The molecule has 0 aliphatic heterocycles. The maximum atomic E-state index is 10.3. The molecule has 0 saturated heterocycles. The number of hydrogen-bond donors (Lipinski definition) is 2. The smallest absolute Gasteiger partial charge is 0.121 e. The summed E-state index contributed by atoms with van der Waals surface area (Å²) in [7, 11) is 0. The van der Waals surface area contributed by atoms with Crippen molar-refractivity contribution in [1.82, 2.24) is 0 Å². The highest BCUT2D eigenvalue weighted by molar-refractivity contribution is 5.63. The summed E-state index contributed by atoms with van der Waals surface area (Å²) in [6.07, 6.45) is -0.679. The molecule has 116 valence electrons. The van der Waals surface area contributed by atoms with E-state index in [-0.39, 0.29) is 6.61 Å². The first-order chi connectivity index (χ1) is 11.2. The van der Waals surface area contributed by atoms with Gasteiger partial charge in [0.1, 0.15) is 18.5 Å². The largest absolute Gasteiger partial charge is 0.490 e. The number of anilines is 1. The molecule has 0 bridgehead atoms. The summed E-state index contributed by atoms with van der Waals surface area (Å²) >= 11 is 0. The number of nitrogens with two attached hydrogens (primary N) is 1. The van der Waals surface area contributed by atoms with Crippen molar-refractivity contribution in [2.75, 3.05) is 12.3 Å². The van der Waals surface area contributed by atoms with E-state index in [2.05, 4.69) is 12.1 Å². The fourth-order valence-corrected chi connectivity index (χ4v) is 2.40. The Hall–Kier alpha value is -2.78. The molecule has 0 heterocycles. The fraction of sp³-hybridized carbons (Fsp3) is 0.100. The van der Waals surface area contributed by atoms with Crippen molar-refractivity contribution in [3.05, 3.63) is 84.4 Å². The lowest BCUT2D eigenvalue weighted by molar-refractivity contribution is 0.108. The van der Waals surface area contributed by atoms with Crippen molar-refractivity contribution >= 4 is 5.69 Å². The highest BCUT2D eigenvalue weighted by atomic mass is 16.5. The van der Waals surface area contributed by atoms with E-state index in [0.29, 0.717) is 11.4 Å². The maximum absolute atomic E-state index is 10.3. The van der Waals surface area contributed by atoms with Gasteiger partial charge < -0.3 is 15.6 Å². The molecular formula is C20H19NO2. The van der Waals surface area contributed by atoms with Crippen molar-refractivity contribution in [1.29, 1.82) is 0 Å². The van der Waals surface area contributed by atoms with Crippen LogP contribution in [-0.4, -0.2) is 11.7 Å². The minimum absolute atomic E-state index is 0.189. The highest BCUT2D eigenvalue weighted by Gasteiger charge is 2.09. The summed E-state index contributed by atoms with van der Waals surface area (Å²) in [5, 5.41) is 10.3. The molecule has 0 radical (unpaired) electrons. The maximum Gasteiger partial charge on any atom is 0.121 e. The molecule has 0 aliphatic rings. The number of aliphatic hydroxyl groups is 1.